The monoisotopic (exact) mass is 528 g/mol. The summed E-state index contributed by atoms with van der Waals surface area (Å²) < 4.78 is 35.3. The lowest BCUT2D eigenvalue weighted by molar-refractivity contribution is 0.354. The minimum atomic E-state index is -3.12. The SMILES string of the molecule is CCS(=O)(=O)N(C)CCCNC(=NC)NCCc1ccc(OC)c(OC)c1.I. The number of aliphatic imine (C=N–C) groups is 1. The summed E-state index contributed by atoms with van der Waals surface area (Å²) in [5, 5.41) is 6.44. The zero-order chi connectivity index (χ0) is 20.3. The van der Waals surface area contributed by atoms with Crippen molar-refractivity contribution in [1.29, 1.82) is 0 Å². The maximum atomic E-state index is 11.7. The van der Waals surface area contributed by atoms with Crippen LogP contribution in [0.2, 0.25) is 0 Å². The minimum Gasteiger partial charge on any atom is -0.493 e. The summed E-state index contributed by atoms with van der Waals surface area (Å²) in [4.78, 5) is 4.18. The van der Waals surface area contributed by atoms with Crippen molar-refractivity contribution >= 4 is 40.0 Å². The quantitative estimate of drug-likeness (QED) is 0.197. The number of benzene rings is 1. The van der Waals surface area contributed by atoms with Crippen LogP contribution in [-0.4, -0.2) is 72.4 Å². The Kier molecular flexibility index (Phi) is 13.2. The highest BCUT2D eigenvalue weighted by Gasteiger charge is 2.13. The van der Waals surface area contributed by atoms with Gasteiger partial charge in [-0.25, -0.2) is 12.7 Å². The summed E-state index contributed by atoms with van der Waals surface area (Å²) in [5.74, 6) is 2.23. The van der Waals surface area contributed by atoms with Crippen LogP contribution in [0.1, 0.15) is 18.9 Å². The molecule has 0 aliphatic carbocycles. The lowest BCUT2D eigenvalue weighted by atomic mass is 10.1. The van der Waals surface area contributed by atoms with Gasteiger partial charge in [0.1, 0.15) is 0 Å². The Hall–Kier alpha value is -1.27. The molecule has 0 spiro atoms. The van der Waals surface area contributed by atoms with Crippen LogP contribution in [-0.2, 0) is 16.4 Å². The number of nitrogens with one attached hydrogen (secondary N) is 2. The van der Waals surface area contributed by atoms with Gasteiger partial charge in [0.05, 0.1) is 20.0 Å². The predicted molar refractivity (Wildman–Crippen MR) is 125 cm³/mol. The second-order valence-corrected chi connectivity index (χ2v) is 8.31. The topological polar surface area (TPSA) is 92.3 Å². The molecule has 8 nitrogen and oxygen atoms in total. The van der Waals surface area contributed by atoms with E-state index in [9.17, 15) is 8.42 Å². The fraction of sp³-hybridized carbons (Fsp3) is 0.611. The van der Waals surface area contributed by atoms with Gasteiger partial charge in [0.2, 0.25) is 10.0 Å². The number of rotatable bonds is 11. The Morgan fingerprint density at radius 1 is 1.14 bits per heavy atom. The molecule has 0 unspecified atom stereocenters. The molecule has 0 saturated heterocycles. The van der Waals surface area contributed by atoms with Crippen LogP contribution >= 0.6 is 24.0 Å². The van der Waals surface area contributed by atoms with Gasteiger partial charge in [0, 0.05) is 33.7 Å². The third-order valence-corrected chi connectivity index (χ3v) is 6.02. The van der Waals surface area contributed by atoms with Gasteiger partial charge in [-0.15, -0.1) is 24.0 Å². The minimum absolute atomic E-state index is 0. The Morgan fingerprint density at radius 3 is 2.36 bits per heavy atom. The molecule has 28 heavy (non-hydrogen) atoms. The van der Waals surface area contributed by atoms with E-state index in [2.05, 4.69) is 15.6 Å². The number of hydrogen-bond donors (Lipinski definition) is 2. The first-order chi connectivity index (χ1) is 12.9. The summed E-state index contributed by atoms with van der Waals surface area (Å²) in [6.45, 7) is 3.47. The number of sulfonamides is 1. The lowest BCUT2D eigenvalue weighted by Crippen LogP contribution is -2.39. The lowest BCUT2D eigenvalue weighted by Gasteiger charge is -2.17. The van der Waals surface area contributed by atoms with E-state index in [1.54, 1.807) is 35.2 Å². The maximum Gasteiger partial charge on any atom is 0.213 e. The van der Waals surface area contributed by atoms with Crippen LogP contribution in [0.4, 0.5) is 0 Å². The number of methoxy groups -OCH3 is 2. The molecule has 0 radical (unpaired) electrons. The molecule has 0 aliphatic rings. The number of nitrogens with zero attached hydrogens (tertiary/aromatic N) is 2. The first-order valence-electron chi connectivity index (χ1n) is 8.97. The van der Waals surface area contributed by atoms with Gasteiger partial charge < -0.3 is 20.1 Å². The molecule has 162 valence electrons. The van der Waals surface area contributed by atoms with Crippen molar-refractivity contribution in [2.75, 3.05) is 53.7 Å². The largest absolute Gasteiger partial charge is 0.493 e. The first kappa shape index (κ1) is 26.7. The van der Waals surface area contributed by atoms with Crippen LogP contribution in [0, 0.1) is 0 Å². The molecule has 10 heteroatoms. The normalized spacial score (nSPS) is 11.7. The molecule has 0 saturated carbocycles. The number of halogens is 1. The second-order valence-electron chi connectivity index (χ2n) is 5.94. The molecule has 1 aromatic carbocycles. The molecule has 2 N–H and O–H groups in total. The van der Waals surface area contributed by atoms with E-state index in [1.165, 1.54) is 4.31 Å². The van der Waals surface area contributed by atoms with Crippen molar-refractivity contribution in [3.05, 3.63) is 23.8 Å². The molecular formula is C18H33IN4O4S. The maximum absolute atomic E-state index is 11.7. The number of hydrogen-bond acceptors (Lipinski definition) is 5. The fourth-order valence-electron chi connectivity index (χ4n) is 2.45. The van der Waals surface area contributed by atoms with E-state index >= 15 is 0 Å². The van der Waals surface area contributed by atoms with Gasteiger partial charge in [0.15, 0.2) is 17.5 Å². The molecule has 0 aliphatic heterocycles. The van der Waals surface area contributed by atoms with Crippen molar-refractivity contribution in [2.45, 2.75) is 19.8 Å². The van der Waals surface area contributed by atoms with Gasteiger partial charge in [-0.3, -0.25) is 4.99 Å². The van der Waals surface area contributed by atoms with E-state index in [0.717, 1.165) is 12.0 Å². The molecule has 0 amide bonds. The zero-order valence-corrected chi connectivity index (χ0v) is 20.5. The summed E-state index contributed by atoms with van der Waals surface area (Å²) in [6, 6.07) is 5.85. The predicted octanol–water partition coefficient (Wildman–Crippen LogP) is 1.70. The van der Waals surface area contributed by atoms with E-state index in [0.29, 0.717) is 43.5 Å². The average Bonchev–Trinajstić information content (AvgIpc) is 2.69. The number of ether oxygens (including phenoxy) is 2. The molecule has 0 aromatic heterocycles. The van der Waals surface area contributed by atoms with Crippen molar-refractivity contribution in [1.82, 2.24) is 14.9 Å². The average molecular weight is 528 g/mol. The van der Waals surface area contributed by atoms with Gasteiger partial charge >= 0.3 is 0 Å². The van der Waals surface area contributed by atoms with E-state index < -0.39 is 10.0 Å². The van der Waals surface area contributed by atoms with Crippen LogP contribution in [0.25, 0.3) is 0 Å². The molecule has 0 bridgehead atoms. The molecule has 0 fully saturated rings. The van der Waals surface area contributed by atoms with Crippen molar-refractivity contribution < 1.29 is 17.9 Å². The molecule has 0 heterocycles. The Morgan fingerprint density at radius 2 is 1.79 bits per heavy atom. The summed E-state index contributed by atoms with van der Waals surface area (Å²) in [7, 11) is 3.43. The van der Waals surface area contributed by atoms with Crippen LogP contribution < -0.4 is 20.1 Å². The first-order valence-corrected chi connectivity index (χ1v) is 10.6. The summed E-state index contributed by atoms with van der Waals surface area (Å²) in [6.07, 6.45) is 1.50. The van der Waals surface area contributed by atoms with Crippen molar-refractivity contribution in [2.24, 2.45) is 4.99 Å². The third-order valence-electron chi connectivity index (χ3n) is 4.16. The Balaban J connectivity index is 0.00000729. The van der Waals surface area contributed by atoms with Crippen molar-refractivity contribution in [3.63, 3.8) is 0 Å². The van der Waals surface area contributed by atoms with E-state index in [4.69, 9.17) is 9.47 Å². The van der Waals surface area contributed by atoms with E-state index in [-0.39, 0.29) is 29.7 Å². The smallest absolute Gasteiger partial charge is 0.213 e. The molecule has 1 aromatic rings. The van der Waals surface area contributed by atoms with Gasteiger partial charge in [-0.05, 0) is 37.5 Å². The van der Waals surface area contributed by atoms with Crippen LogP contribution in [0.5, 0.6) is 11.5 Å². The second kappa shape index (κ2) is 13.8. The van der Waals surface area contributed by atoms with Crippen LogP contribution in [0.15, 0.2) is 23.2 Å². The van der Waals surface area contributed by atoms with Crippen molar-refractivity contribution in [3.8, 4) is 11.5 Å². The number of guanidine groups is 1. The third kappa shape index (κ3) is 8.82. The summed E-state index contributed by atoms with van der Waals surface area (Å²) >= 11 is 0. The Bertz CT molecular complexity index is 714. The fourth-order valence-corrected chi connectivity index (χ4v) is 3.30. The highest BCUT2D eigenvalue weighted by Crippen LogP contribution is 2.27. The molecule has 1 rings (SSSR count). The van der Waals surface area contributed by atoms with Gasteiger partial charge in [0.25, 0.3) is 0 Å². The highest BCUT2D eigenvalue weighted by molar-refractivity contribution is 14.0. The molecular weight excluding hydrogens is 495 g/mol. The Labute approximate surface area is 186 Å². The highest BCUT2D eigenvalue weighted by atomic mass is 127. The zero-order valence-electron chi connectivity index (χ0n) is 17.3. The standard InChI is InChI=1S/C18H32N4O4S.HI/c1-6-27(23,24)22(3)13-7-11-20-18(19-2)21-12-10-15-8-9-16(25-4)17(14-15)26-5;/h8-9,14H,6-7,10-13H2,1-5H3,(H2,19,20,21);1H. The van der Waals surface area contributed by atoms with Gasteiger partial charge in [-0.2, -0.15) is 0 Å². The van der Waals surface area contributed by atoms with Gasteiger partial charge in [-0.1, -0.05) is 6.07 Å². The molecule has 0 atom stereocenters. The summed E-state index contributed by atoms with van der Waals surface area (Å²) in [5.41, 5.74) is 1.13. The van der Waals surface area contributed by atoms with Crippen LogP contribution in [0.3, 0.4) is 0 Å². The van der Waals surface area contributed by atoms with E-state index in [1.807, 2.05) is 18.2 Å².